The zero-order valence-electron chi connectivity index (χ0n) is 14.5. The molecule has 0 radical (unpaired) electrons. The fraction of sp³-hybridized carbons (Fsp3) is 0.211. The first-order chi connectivity index (χ1) is 12.4. The number of hydrogen-bond donors (Lipinski definition) is 2. The van der Waals surface area contributed by atoms with Crippen molar-refractivity contribution < 1.29 is 13.2 Å². The number of carbonyl (C=O) groups excluding carboxylic acids is 1. The lowest BCUT2D eigenvalue weighted by Gasteiger charge is -2.14. The highest BCUT2D eigenvalue weighted by molar-refractivity contribution is 7.94. The number of anilines is 1. The number of thiophene rings is 1. The summed E-state index contributed by atoms with van der Waals surface area (Å²) in [6.07, 6.45) is 0. The Hall–Kier alpha value is -2.38. The summed E-state index contributed by atoms with van der Waals surface area (Å²) in [6.45, 7) is 4.52. The standard InChI is InChI=1S/C19H20N2O3S2/c1-13(2)12-20-19(22)16-10-14-6-3-4-7-15(14)11-17(16)21-26(23,24)18-8-5-9-25-18/h3-11,13,21H,12H2,1-2H3,(H,20,22). The zero-order valence-corrected chi connectivity index (χ0v) is 16.2. The van der Waals surface area contributed by atoms with Gasteiger partial charge >= 0.3 is 0 Å². The van der Waals surface area contributed by atoms with Gasteiger partial charge in [0.15, 0.2) is 0 Å². The van der Waals surface area contributed by atoms with Crippen molar-refractivity contribution in [2.45, 2.75) is 18.1 Å². The predicted octanol–water partition coefficient (Wildman–Crippen LogP) is 4.09. The van der Waals surface area contributed by atoms with Crippen molar-refractivity contribution in [2.75, 3.05) is 11.3 Å². The normalized spacial score (nSPS) is 11.7. The summed E-state index contributed by atoms with van der Waals surface area (Å²) < 4.78 is 28.0. The SMILES string of the molecule is CC(C)CNC(=O)c1cc2ccccc2cc1NS(=O)(=O)c1cccs1. The third kappa shape index (κ3) is 4.05. The van der Waals surface area contributed by atoms with Gasteiger partial charge in [-0.3, -0.25) is 9.52 Å². The fourth-order valence-electron chi connectivity index (χ4n) is 2.52. The van der Waals surface area contributed by atoms with E-state index in [0.29, 0.717) is 18.0 Å². The molecule has 1 amide bonds. The quantitative estimate of drug-likeness (QED) is 0.668. The van der Waals surface area contributed by atoms with Crippen LogP contribution in [0.5, 0.6) is 0 Å². The summed E-state index contributed by atoms with van der Waals surface area (Å²) in [4.78, 5) is 12.6. The highest BCUT2D eigenvalue weighted by Gasteiger charge is 2.20. The molecule has 5 nitrogen and oxygen atoms in total. The average Bonchev–Trinajstić information content (AvgIpc) is 3.14. The van der Waals surface area contributed by atoms with Gasteiger partial charge in [0.05, 0.1) is 11.3 Å². The Morgan fingerprint density at radius 1 is 1.08 bits per heavy atom. The van der Waals surface area contributed by atoms with E-state index in [1.54, 1.807) is 23.6 Å². The van der Waals surface area contributed by atoms with Crippen molar-refractivity contribution in [3.63, 3.8) is 0 Å². The van der Waals surface area contributed by atoms with E-state index in [1.807, 2.05) is 38.1 Å². The predicted molar refractivity (Wildman–Crippen MR) is 106 cm³/mol. The van der Waals surface area contributed by atoms with Crippen LogP contribution in [-0.2, 0) is 10.0 Å². The first-order valence-corrected chi connectivity index (χ1v) is 10.6. The number of benzene rings is 2. The molecule has 0 aliphatic rings. The molecule has 0 aliphatic carbocycles. The maximum absolute atomic E-state index is 12.6. The molecule has 0 saturated heterocycles. The van der Waals surface area contributed by atoms with Crippen molar-refractivity contribution in [1.29, 1.82) is 0 Å². The third-order valence-electron chi connectivity index (χ3n) is 3.81. The highest BCUT2D eigenvalue weighted by atomic mass is 32.2. The van der Waals surface area contributed by atoms with Crippen LogP contribution < -0.4 is 10.0 Å². The minimum atomic E-state index is -3.74. The lowest BCUT2D eigenvalue weighted by Crippen LogP contribution is -2.28. The van der Waals surface area contributed by atoms with Gasteiger partial charge in [0.25, 0.3) is 15.9 Å². The first kappa shape index (κ1) is 18.4. The topological polar surface area (TPSA) is 75.3 Å². The number of nitrogens with one attached hydrogen (secondary N) is 2. The Morgan fingerprint density at radius 3 is 2.38 bits per heavy atom. The minimum Gasteiger partial charge on any atom is -0.352 e. The van der Waals surface area contributed by atoms with Crippen LogP contribution in [0.1, 0.15) is 24.2 Å². The number of amides is 1. The smallest absolute Gasteiger partial charge is 0.271 e. The van der Waals surface area contributed by atoms with Crippen molar-refractivity contribution in [2.24, 2.45) is 5.92 Å². The van der Waals surface area contributed by atoms with Gasteiger partial charge in [0.2, 0.25) is 0 Å². The summed E-state index contributed by atoms with van der Waals surface area (Å²) in [5.74, 6) is -0.000926. The molecule has 136 valence electrons. The average molecular weight is 389 g/mol. The summed E-state index contributed by atoms with van der Waals surface area (Å²) in [5.41, 5.74) is 0.586. The highest BCUT2D eigenvalue weighted by Crippen LogP contribution is 2.27. The van der Waals surface area contributed by atoms with Crippen molar-refractivity contribution in [1.82, 2.24) is 5.32 Å². The molecular formula is C19H20N2O3S2. The summed E-state index contributed by atoms with van der Waals surface area (Å²) >= 11 is 1.13. The molecule has 3 rings (SSSR count). The van der Waals surface area contributed by atoms with Gasteiger partial charge in [-0.05, 0) is 40.3 Å². The molecule has 0 fully saturated rings. The summed E-state index contributed by atoms with van der Waals surface area (Å²) in [5, 5.41) is 6.29. The van der Waals surface area contributed by atoms with Gasteiger partial charge in [-0.1, -0.05) is 44.2 Å². The Balaban J connectivity index is 2.04. The van der Waals surface area contributed by atoms with Crippen LogP contribution in [0.2, 0.25) is 0 Å². The first-order valence-electron chi connectivity index (χ1n) is 8.24. The van der Waals surface area contributed by atoms with Crippen LogP contribution in [0, 0.1) is 5.92 Å². The lowest BCUT2D eigenvalue weighted by molar-refractivity contribution is 0.0950. The zero-order chi connectivity index (χ0) is 18.7. The molecule has 7 heteroatoms. The molecule has 0 saturated carbocycles. The summed E-state index contributed by atoms with van der Waals surface area (Å²) in [7, 11) is -3.74. The monoisotopic (exact) mass is 388 g/mol. The Kier molecular flexibility index (Phi) is 5.29. The molecule has 0 spiro atoms. The maximum Gasteiger partial charge on any atom is 0.271 e. The van der Waals surface area contributed by atoms with E-state index in [9.17, 15) is 13.2 Å². The third-order valence-corrected chi connectivity index (χ3v) is 6.57. The van der Waals surface area contributed by atoms with Crippen LogP contribution in [0.15, 0.2) is 58.1 Å². The van der Waals surface area contributed by atoms with E-state index in [4.69, 9.17) is 0 Å². The van der Waals surface area contributed by atoms with Crippen molar-refractivity contribution >= 4 is 43.7 Å². The van der Waals surface area contributed by atoms with E-state index in [2.05, 4.69) is 10.0 Å². The van der Waals surface area contributed by atoms with Gasteiger partial charge in [-0.2, -0.15) is 0 Å². The Bertz CT molecular complexity index is 1030. The molecule has 1 heterocycles. The van der Waals surface area contributed by atoms with Gasteiger partial charge < -0.3 is 5.32 Å². The number of fused-ring (bicyclic) bond motifs is 1. The second-order valence-corrected chi connectivity index (χ2v) is 9.24. The van der Waals surface area contributed by atoms with E-state index in [1.165, 1.54) is 6.07 Å². The summed E-state index contributed by atoms with van der Waals surface area (Å²) in [6, 6.07) is 14.2. The van der Waals surface area contributed by atoms with E-state index < -0.39 is 10.0 Å². The Labute approximate surface area is 157 Å². The van der Waals surface area contributed by atoms with E-state index >= 15 is 0 Å². The van der Waals surface area contributed by atoms with Crippen LogP contribution >= 0.6 is 11.3 Å². The van der Waals surface area contributed by atoms with Crippen LogP contribution in [0.3, 0.4) is 0 Å². The lowest BCUT2D eigenvalue weighted by atomic mass is 10.0. The van der Waals surface area contributed by atoms with Gasteiger partial charge in [-0.25, -0.2) is 8.42 Å². The molecule has 3 aromatic rings. The molecule has 0 aliphatic heterocycles. The number of carbonyl (C=O) groups is 1. The number of sulfonamides is 1. The molecule has 0 bridgehead atoms. The van der Waals surface area contributed by atoms with E-state index in [0.717, 1.165) is 22.1 Å². The van der Waals surface area contributed by atoms with Crippen LogP contribution in [0.4, 0.5) is 5.69 Å². The molecule has 2 aromatic carbocycles. The fourth-order valence-corrected chi connectivity index (χ4v) is 4.58. The maximum atomic E-state index is 12.6. The Morgan fingerprint density at radius 2 is 1.77 bits per heavy atom. The molecule has 0 atom stereocenters. The van der Waals surface area contributed by atoms with Gasteiger partial charge in [-0.15, -0.1) is 11.3 Å². The number of rotatable bonds is 6. The van der Waals surface area contributed by atoms with Crippen LogP contribution in [0.25, 0.3) is 10.8 Å². The minimum absolute atomic E-state index is 0.208. The molecule has 2 N–H and O–H groups in total. The number of hydrogen-bond acceptors (Lipinski definition) is 4. The molecule has 1 aromatic heterocycles. The molecular weight excluding hydrogens is 368 g/mol. The van der Waals surface area contributed by atoms with Gasteiger partial charge in [0.1, 0.15) is 4.21 Å². The second-order valence-electron chi connectivity index (χ2n) is 6.39. The van der Waals surface area contributed by atoms with Crippen molar-refractivity contribution in [3.05, 3.63) is 59.5 Å². The largest absolute Gasteiger partial charge is 0.352 e. The van der Waals surface area contributed by atoms with Gasteiger partial charge in [0, 0.05) is 6.54 Å². The second kappa shape index (κ2) is 7.47. The molecule has 0 unspecified atom stereocenters. The van der Waals surface area contributed by atoms with Crippen LogP contribution in [-0.4, -0.2) is 20.9 Å². The van der Waals surface area contributed by atoms with E-state index in [-0.39, 0.29) is 15.8 Å². The van der Waals surface area contributed by atoms with Crippen molar-refractivity contribution in [3.8, 4) is 0 Å². The molecule has 26 heavy (non-hydrogen) atoms.